The van der Waals surface area contributed by atoms with Crippen molar-refractivity contribution in [3.8, 4) is 11.8 Å². The molecule has 0 fully saturated rings. The van der Waals surface area contributed by atoms with Gasteiger partial charge in [0, 0.05) is 6.54 Å². The van der Waals surface area contributed by atoms with Crippen LogP contribution in [0.15, 0.2) is 42.5 Å². The van der Waals surface area contributed by atoms with Crippen molar-refractivity contribution < 1.29 is 4.74 Å². The number of imidazole rings is 1. The zero-order valence-corrected chi connectivity index (χ0v) is 14.9. The van der Waals surface area contributed by atoms with Crippen molar-refractivity contribution in [1.29, 1.82) is 5.26 Å². The third-order valence-corrected chi connectivity index (χ3v) is 4.19. The van der Waals surface area contributed by atoms with E-state index in [2.05, 4.69) is 11.1 Å². The number of aromatic nitrogens is 2. The Labute approximate surface area is 151 Å². The minimum absolute atomic E-state index is 0.498. The van der Waals surface area contributed by atoms with E-state index >= 15 is 0 Å². The molecular weight excluding hydrogens is 334 g/mol. The monoisotopic (exact) mass is 351 g/mol. The van der Waals surface area contributed by atoms with Crippen LogP contribution in [0.1, 0.15) is 25.2 Å². The summed E-state index contributed by atoms with van der Waals surface area (Å²) in [6.45, 7) is 5.24. The van der Waals surface area contributed by atoms with E-state index in [1.807, 2.05) is 54.8 Å². The second kappa shape index (κ2) is 7.42. The summed E-state index contributed by atoms with van der Waals surface area (Å²) >= 11 is 6.25. The summed E-state index contributed by atoms with van der Waals surface area (Å²) in [6, 6.07) is 15.6. The van der Waals surface area contributed by atoms with Crippen molar-refractivity contribution in [3.05, 3.63) is 58.9 Å². The maximum atomic E-state index is 9.66. The number of aryl methyl sites for hydroxylation is 1. The van der Waals surface area contributed by atoms with Crippen LogP contribution in [0, 0.1) is 11.3 Å². The largest absolute Gasteiger partial charge is 0.492 e. The van der Waals surface area contributed by atoms with Gasteiger partial charge < -0.3 is 9.30 Å². The van der Waals surface area contributed by atoms with E-state index in [9.17, 15) is 5.26 Å². The number of fused-ring (bicyclic) bond motifs is 1. The average molecular weight is 352 g/mol. The molecule has 0 saturated heterocycles. The molecule has 0 spiro atoms. The van der Waals surface area contributed by atoms with Gasteiger partial charge in [-0.2, -0.15) is 5.26 Å². The Morgan fingerprint density at radius 1 is 1.28 bits per heavy atom. The number of allylic oxidation sites excluding steroid dienone is 1. The normalized spacial score (nSPS) is 11.5. The van der Waals surface area contributed by atoms with E-state index in [1.54, 1.807) is 12.1 Å². The summed E-state index contributed by atoms with van der Waals surface area (Å²) in [5.41, 5.74) is 3.23. The molecule has 0 atom stereocenters. The molecule has 2 aromatic carbocycles. The number of ether oxygens (including phenoxy) is 1. The molecule has 1 aromatic heterocycles. The van der Waals surface area contributed by atoms with Gasteiger partial charge in [0.1, 0.15) is 11.8 Å². The second-order valence-corrected chi connectivity index (χ2v) is 5.87. The minimum atomic E-state index is 0.498. The van der Waals surface area contributed by atoms with Gasteiger partial charge in [-0.05, 0) is 49.8 Å². The number of nitriles is 1. The molecule has 126 valence electrons. The molecule has 0 radical (unpaired) electrons. The first-order valence-corrected chi connectivity index (χ1v) is 8.55. The number of halogens is 1. The van der Waals surface area contributed by atoms with Crippen LogP contribution in [-0.2, 0) is 6.54 Å². The molecule has 0 bridgehead atoms. The Hall–Kier alpha value is -2.77. The van der Waals surface area contributed by atoms with E-state index in [-0.39, 0.29) is 0 Å². The van der Waals surface area contributed by atoms with Crippen molar-refractivity contribution in [3.63, 3.8) is 0 Å². The van der Waals surface area contributed by atoms with Crippen molar-refractivity contribution in [2.75, 3.05) is 6.61 Å². The van der Waals surface area contributed by atoms with Crippen molar-refractivity contribution in [1.82, 2.24) is 9.55 Å². The molecule has 1 heterocycles. The fraction of sp³-hybridized carbons (Fsp3) is 0.200. The molecule has 0 aliphatic carbocycles. The van der Waals surface area contributed by atoms with Crippen LogP contribution in [0.3, 0.4) is 0 Å². The van der Waals surface area contributed by atoms with Crippen LogP contribution in [0.4, 0.5) is 0 Å². The highest BCUT2D eigenvalue weighted by Crippen LogP contribution is 2.28. The number of rotatable bonds is 5. The van der Waals surface area contributed by atoms with Gasteiger partial charge in [0.2, 0.25) is 0 Å². The molecule has 0 unspecified atom stereocenters. The lowest BCUT2D eigenvalue weighted by Gasteiger charge is -2.07. The van der Waals surface area contributed by atoms with Gasteiger partial charge in [-0.25, -0.2) is 4.98 Å². The van der Waals surface area contributed by atoms with Crippen LogP contribution >= 0.6 is 11.6 Å². The first-order chi connectivity index (χ1) is 12.2. The Kier molecular flexibility index (Phi) is 5.06. The summed E-state index contributed by atoms with van der Waals surface area (Å²) < 4.78 is 7.49. The first kappa shape index (κ1) is 17.1. The van der Waals surface area contributed by atoms with Crippen LogP contribution in [-0.4, -0.2) is 16.2 Å². The molecule has 3 aromatic rings. The smallest absolute Gasteiger partial charge is 0.151 e. The quantitative estimate of drug-likeness (QED) is 0.595. The lowest BCUT2D eigenvalue weighted by Crippen LogP contribution is -2.00. The highest BCUT2D eigenvalue weighted by Gasteiger charge is 2.13. The van der Waals surface area contributed by atoms with Gasteiger partial charge in [-0.15, -0.1) is 0 Å². The molecule has 4 nitrogen and oxygen atoms in total. The van der Waals surface area contributed by atoms with Gasteiger partial charge in [0.15, 0.2) is 5.82 Å². The maximum Gasteiger partial charge on any atom is 0.151 e. The fourth-order valence-corrected chi connectivity index (χ4v) is 3.04. The number of hydrogen-bond acceptors (Lipinski definition) is 3. The van der Waals surface area contributed by atoms with Gasteiger partial charge in [0.05, 0.1) is 28.2 Å². The van der Waals surface area contributed by atoms with E-state index in [0.29, 0.717) is 28.8 Å². The minimum Gasteiger partial charge on any atom is -0.492 e. The fourth-order valence-electron chi connectivity index (χ4n) is 2.79. The van der Waals surface area contributed by atoms with Crippen LogP contribution in [0.5, 0.6) is 5.75 Å². The van der Waals surface area contributed by atoms with Gasteiger partial charge in [-0.3, -0.25) is 0 Å². The second-order valence-electron chi connectivity index (χ2n) is 5.46. The van der Waals surface area contributed by atoms with Crippen molar-refractivity contribution >= 4 is 34.3 Å². The van der Waals surface area contributed by atoms with Crippen LogP contribution in [0.25, 0.3) is 22.7 Å². The molecule has 3 rings (SSSR count). The zero-order chi connectivity index (χ0) is 17.8. The average Bonchev–Trinajstić information content (AvgIpc) is 3.00. The topological polar surface area (TPSA) is 50.8 Å². The van der Waals surface area contributed by atoms with E-state index in [1.165, 1.54) is 0 Å². The Balaban J connectivity index is 2.07. The molecule has 0 N–H and O–H groups in total. The van der Waals surface area contributed by atoms with E-state index < -0.39 is 0 Å². The van der Waals surface area contributed by atoms with E-state index in [0.717, 1.165) is 23.1 Å². The molecular formula is C20H18ClN3O. The number of hydrogen-bond donors (Lipinski definition) is 0. The summed E-state index contributed by atoms with van der Waals surface area (Å²) in [7, 11) is 0. The lowest BCUT2D eigenvalue weighted by atomic mass is 10.1. The zero-order valence-electron chi connectivity index (χ0n) is 14.2. The van der Waals surface area contributed by atoms with E-state index in [4.69, 9.17) is 16.3 Å². The Morgan fingerprint density at radius 2 is 2.08 bits per heavy atom. The lowest BCUT2D eigenvalue weighted by molar-refractivity contribution is 0.340. The maximum absolute atomic E-state index is 9.66. The van der Waals surface area contributed by atoms with Gasteiger partial charge in [-0.1, -0.05) is 29.8 Å². The number of benzene rings is 2. The summed E-state index contributed by atoms with van der Waals surface area (Å²) in [6.07, 6.45) is 1.80. The predicted octanol–water partition coefficient (Wildman–Crippen LogP) is 5.17. The van der Waals surface area contributed by atoms with Crippen LogP contribution in [0.2, 0.25) is 5.02 Å². The molecule has 0 saturated carbocycles. The summed E-state index contributed by atoms with van der Waals surface area (Å²) in [5.74, 6) is 1.30. The SMILES string of the molecule is CCOc1ccc(/C=C(/C#N)c2nc3ccccc3n2CC)cc1Cl. The Bertz CT molecular complexity index is 982. The third kappa shape index (κ3) is 3.38. The van der Waals surface area contributed by atoms with Crippen molar-refractivity contribution in [2.24, 2.45) is 0 Å². The highest BCUT2D eigenvalue weighted by molar-refractivity contribution is 6.32. The van der Waals surface area contributed by atoms with Crippen molar-refractivity contribution in [2.45, 2.75) is 20.4 Å². The molecule has 25 heavy (non-hydrogen) atoms. The number of para-hydroxylation sites is 2. The summed E-state index contributed by atoms with van der Waals surface area (Å²) in [4.78, 5) is 4.63. The third-order valence-electron chi connectivity index (χ3n) is 3.90. The standard InChI is InChI=1S/C20H18ClN3O/c1-3-24-18-8-6-5-7-17(18)23-20(24)15(13-22)11-14-9-10-19(25-4-2)16(21)12-14/h5-12H,3-4H2,1-2H3/b15-11-. The Morgan fingerprint density at radius 3 is 2.76 bits per heavy atom. The van der Waals surface area contributed by atoms with Gasteiger partial charge in [0.25, 0.3) is 0 Å². The predicted molar refractivity (Wildman–Crippen MR) is 102 cm³/mol. The molecule has 0 aliphatic rings. The van der Waals surface area contributed by atoms with Gasteiger partial charge >= 0.3 is 0 Å². The highest BCUT2D eigenvalue weighted by atomic mass is 35.5. The number of nitrogens with zero attached hydrogens (tertiary/aromatic N) is 3. The molecule has 5 heteroatoms. The summed E-state index contributed by atoms with van der Waals surface area (Å²) in [5, 5.41) is 10.2. The van der Waals surface area contributed by atoms with Crippen LogP contribution < -0.4 is 4.74 Å². The molecule has 0 aliphatic heterocycles. The molecule has 0 amide bonds. The first-order valence-electron chi connectivity index (χ1n) is 8.17.